The maximum atomic E-state index is 12.7. The molecule has 6 heteroatoms. The molecular formula is C15H28N2O4. The summed E-state index contributed by atoms with van der Waals surface area (Å²) in [5.41, 5.74) is 0. The molecule has 0 radical (unpaired) electrons. The monoisotopic (exact) mass is 300 g/mol. The van der Waals surface area contributed by atoms with Crippen LogP contribution in [0.2, 0.25) is 0 Å². The summed E-state index contributed by atoms with van der Waals surface area (Å²) in [7, 11) is 1.78. The number of carbonyl (C=O) groups is 2. The Balaban J connectivity index is 2.90. The zero-order valence-corrected chi connectivity index (χ0v) is 13.7. The second-order valence-electron chi connectivity index (χ2n) is 6.12. The molecule has 2 amide bonds. The molecule has 122 valence electrons. The lowest BCUT2D eigenvalue weighted by atomic mass is 10.0. The average molecular weight is 300 g/mol. The number of carboxylic acid groups (broad SMARTS) is 1. The molecule has 0 aromatic heterocycles. The summed E-state index contributed by atoms with van der Waals surface area (Å²) in [6.07, 6.45) is 0.790. The van der Waals surface area contributed by atoms with Crippen LogP contribution < -0.4 is 0 Å². The van der Waals surface area contributed by atoms with Crippen LogP contribution in [0, 0.1) is 11.8 Å². The van der Waals surface area contributed by atoms with Crippen molar-refractivity contribution < 1.29 is 19.4 Å². The van der Waals surface area contributed by atoms with E-state index in [1.165, 1.54) is 0 Å². The van der Waals surface area contributed by atoms with Gasteiger partial charge in [-0.2, -0.15) is 0 Å². The van der Waals surface area contributed by atoms with E-state index in [0.29, 0.717) is 19.1 Å². The first-order chi connectivity index (χ1) is 9.81. The number of hydrogen-bond acceptors (Lipinski definition) is 3. The van der Waals surface area contributed by atoms with Gasteiger partial charge in [-0.3, -0.25) is 4.79 Å². The number of ether oxygens (including phenoxy) is 1. The highest BCUT2D eigenvalue weighted by Gasteiger charge is 2.41. The van der Waals surface area contributed by atoms with Crippen molar-refractivity contribution in [3.63, 3.8) is 0 Å². The maximum absolute atomic E-state index is 12.7. The summed E-state index contributed by atoms with van der Waals surface area (Å²) >= 11 is 0. The standard InChI is InChI=1S/C15H28N2O4/c1-6-7-17(13-9-21-8-12(13)14(18)19)15(20)16(5)11(4)10(2)3/h10-13H,6-9H2,1-5H3,(H,18,19). The Labute approximate surface area is 127 Å². The third kappa shape index (κ3) is 4.09. The van der Waals surface area contributed by atoms with E-state index in [-0.39, 0.29) is 24.7 Å². The molecule has 1 aliphatic rings. The lowest BCUT2D eigenvalue weighted by Gasteiger charge is -2.37. The third-order valence-electron chi connectivity index (χ3n) is 4.36. The molecule has 1 fully saturated rings. The second kappa shape index (κ2) is 7.64. The minimum absolute atomic E-state index is 0.0995. The minimum atomic E-state index is -0.897. The summed E-state index contributed by atoms with van der Waals surface area (Å²) in [4.78, 5) is 27.4. The second-order valence-corrected chi connectivity index (χ2v) is 6.12. The van der Waals surface area contributed by atoms with Gasteiger partial charge in [-0.1, -0.05) is 20.8 Å². The predicted octanol–water partition coefficient (Wildman–Crippen LogP) is 1.89. The molecule has 0 spiro atoms. The van der Waals surface area contributed by atoms with E-state index in [9.17, 15) is 14.7 Å². The molecule has 0 aliphatic carbocycles. The van der Waals surface area contributed by atoms with E-state index in [1.807, 2.05) is 13.8 Å². The first-order valence-corrected chi connectivity index (χ1v) is 7.65. The fraction of sp³-hybridized carbons (Fsp3) is 0.867. The van der Waals surface area contributed by atoms with Crippen molar-refractivity contribution in [2.24, 2.45) is 11.8 Å². The van der Waals surface area contributed by atoms with Crippen molar-refractivity contribution in [1.82, 2.24) is 9.80 Å². The van der Waals surface area contributed by atoms with Crippen molar-refractivity contribution in [2.75, 3.05) is 26.8 Å². The Morgan fingerprint density at radius 1 is 1.29 bits per heavy atom. The molecule has 1 heterocycles. The zero-order chi connectivity index (χ0) is 16.2. The van der Waals surface area contributed by atoms with Crippen LogP contribution in [0.15, 0.2) is 0 Å². The van der Waals surface area contributed by atoms with Gasteiger partial charge in [0.2, 0.25) is 0 Å². The molecule has 3 atom stereocenters. The molecule has 0 aromatic rings. The molecule has 1 N–H and O–H groups in total. The Bertz CT molecular complexity index is 373. The van der Waals surface area contributed by atoms with Crippen LogP contribution in [0.5, 0.6) is 0 Å². The lowest BCUT2D eigenvalue weighted by molar-refractivity contribution is -0.142. The number of amides is 2. The number of hydrogen-bond donors (Lipinski definition) is 1. The number of urea groups is 1. The first-order valence-electron chi connectivity index (χ1n) is 7.65. The lowest BCUT2D eigenvalue weighted by Crippen LogP contribution is -2.53. The highest BCUT2D eigenvalue weighted by molar-refractivity contribution is 5.77. The summed E-state index contributed by atoms with van der Waals surface area (Å²) in [5, 5.41) is 9.29. The third-order valence-corrected chi connectivity index (χ3v) is 4.36. The number of carboxylic acids is 1. The summed E-state index contributed by atoms with van der Waals surface area (Å²) in [5.74, 6) is -1.19. The first kappa shape index (κ1) is 17.8. The van der Waals surface area contributed by atoms with Crippen LogP contribution in [0.25, 0.3) is 0 Å². The summed E-state index contributed by atoms with van der Waals surface area (Å²) < 4.78 is 5.30. The number of nitrogens with zero attached hydrogens (tertiary/aromatic N) is 2. The molecule has 21 heavy (non-hydrogen) atoms. The van der Waals surface area contributed by atoms with Gasteiger partial charge in [0.15, 0.2) is 0 Å². The molecular weight excluding hydrogens is 272 g/mol. The normalized spacial score (nSPS) is 23.1. The van der Waals surface area contributed by atoms with Gasteiger partial charge >= 0.3 is 12.0 Å². The van der Waals surface area contributed by atoms with E-state index in [1.54, 1.807) is 16.8 Å². The Morgan fingerprint density at radius 2 is 1.90 bits per heavy atom. The number of rotatable bonds is 6. The molecule has 3 unspecified atom stereocenters. The van der Waals surface area contributed by atoms with Crippen molar-refractivity contribution in [1.29, 1.82) is 0 Å². The smallest absolute Gasteiger partial charge is 0.320 e. The topological polar surface area (TPSA) is 70.1 Å². The van der Waals surface area contributed by atoms with Gasteiger partial charge in [-0.05, 0) is 19.3 Å². The molecule has 0 aromatic carbocycles. The van der Waals surface area contributed by atoms with Crippen LogP contribution in [-0.4, -0.2) is 65.8 Å². The van der Waals surface area contributed by atoms with Crippen LogP contribution in [0.3, 0.4) is 0 Å². The maximum Gasteiger partial charge on any atom is 0.320 e. The number of aliphatic carboxylic acids is 1. The van der Waals surface area contributed by atoms with Gasteiger partial charge < -0.3 is 19.6 Å². The highest BCUT2D eigenvalue weighted by Crippen LogP contribution is 2.22. The van der Waals surface area contributed by atoms with Gasteiger partial charge in [0.25, 0.3) is 0 Å². The molecule has 1 aliphatic heterocycles. The Hall–Kier alpha value is -1.30. The average Bonchev–Trinajstić information content (AvgIpc) is 2.91. The van der Waals surface area contributed by atoms with Crippen molar-refractivity contribution in [2.45, 2.75) is 46.2 Å². The fourth-order valence-corrected chi connectivity index (χ4v) is 2.55. The van der Waals surface area contributed by atoms with Crippen LogP contribution in [0.4, 0.5) is 4.79 Å². The minimum Gasteiger partial charge on any atom is -0.481 e. The van der Waals surface area contributed by atoms with Crippen LogP contribution in [-0.2, 0) is 9.53 Å². The van der Waals surface area contributed by atoms with Gasteiger partial charge in [-0.25, -0.2) is 4.79 Å². The van der Waals surface area contributed by atoms with Gasteiger partial charge in [0, 0.05) is 19.6 Å². The summed E-state index contributed by atoms with van der Waals surface area (Å²) in [6.45, 7) is 9.15. The molecule has 1 rings (SSSR count). The van der Waals surface area contributed by atoms with Crippen molar-refractivity contribution in [3.05, 3.63) is 0 Å². The van der Waals surface area contributed by atoms with Gasteiger partial charge in [-0.15, -0.1) is 0 Å². The SMILES string of the molecule is CCCN(C(=O)N(C)C(C)C(C)C)C1COCC1C(=O)O. The van der Waals surface area contributed by atoms with E-state index in [2.05, 4.69) is 13.8 Å². The van der Waals surface area contributed by atoms with Gasteiger partial charge in [0.05, 0.1) is 19.3 Å². The van der Waals surface area contributed by atoms with Crippen LogP contribution >= 0.6 is 0 Å². The molecule has 6 nitrogen and oxygen atoms in total. The van der Waals surface area contributed by atoms with Crippen molar-refractivity contribution in [3.8, 4) is 0 Å². The highest BCUT2D eigenvalue weighted by atomic mass is 16.5. The van der Waals surface area contributed by atoms with E-state index >= 15 is 0 Å². The number of carbonyl (C=O) groups excluding carboxylic acids is 1. The van der Waals surface area contributed by atoms with Crippen molar-refractivity contribution >= 4 is 12.0 Å². The quantitative estimate of drug-likeness (QED) is 0.813. The molecule has 0 saturated carbocycles. The predicted molar refractivity (Wildman–Crippen MR) is 80.2 cm³/mol. The Morgan fingerprint density at radius 3 is 2.38 bits per heavy atom. The van der Waals surface area contributed by atoms with E-state index in [0.717, 1.165) is 6.42 Å². The van der Waals surface area contributed by atoms with E-state index < -0.39 is 11.9 Å². The molecule has 1 saturated heterocycles. The van der Waals surface area contributed by atoms with Crippen LogP contribution in [0.1, 0.15) is 34.1 Å². The fourth-order valence-electron chi connectivity index (χ4n) is 2.55. The van der Waals surface area contributed by atoms with Gasteiger partial charge in [0.1, 0.15) is 5.92 Å². The summed E-state index contributed by atoms with van der Waals surface area (Å²) in [6, 6.07) is -0.390. The molecule has 0 bridgehead atoms. The zero-order valence-electron chi connectivity index (χ0n) is 13.7. The Kier molecular flexibility index (Phi) is 6.45. The van der Waals surface area contributed by atoms with E-state index in [4.69, 9.17) is 4.74 Å². The largest absolute Gasteiger partial charge is 0.481 e.